The Labute approximate surface area is 115 Å². The van der Waals surface area contributed by atoms with Crippen LogP contribution in [0.25, 0.3) is 0 Å². The molecule has 0 bridgehead atoms. The first kappa shape index (κ1) is 15.7. The number of hydrogen-bond donors (Lipinski definition) is 1. The van der Waals surface area contributed by atoms with Crippen molar-refractivity contribution in [2.75, 3.05) is 0 Å². The summed E-state index contributed by atoms with van der Waals surface area (Å²) in [6.45, 7) is 5.70. The molecule has 0 aromatic heterocycles. The zero-order valence-electron chi connectivity index (χ0n) is 11.6. The highest BCUT2D eigenvalue weighted by molar-refractivity contribution is 7.92. The molecule has 0 atom stereocenters. The van der Waals surface area contributed by atoms with Gasteiger partial charge in [0.2, 0.25) is 5.91 Å². The van der Waals surface area contributed by atoms with Gasteiger partial charge >= 0.3 is 0 Å². The molecular formula is C14H21NO3S. The Kier molecular flexibility index (Phi) is 5.54. The van der Waals surface area contributed by atoms with Crippen LogP contribution >= 0.6 is 0 Å². The number of carbonyl (C=O) groups is 1. The Balaban J connectivity index is 2.70. The monoisotopic (exact) mass is 283 g/mol. The minimum Gasteiger partial charge on any atom is -0.352 e. The first-order chi connectivity index (χ1) is 8.87. The van der Waals surface area contributed by atoms with Crippen molar-refractivity contribution in [3.05, 3.63) is 29.8 Å². The summed E-state index contributed by atoms with van der Waals surface area (Å²) in [5.74, 6) is 0.0152. The molecule has 0 radical (unpaired) electrons. The SMILES string of the molecule is CCCC(=O)NCc1ccc(S(=O)(=O)C(C)C)cc1. The number of benzene rings is 1. The lowest BCUT2D eigenvalue weighted by Crippen LogP contribution is -2.22. The normalized spacial score (nSPS) is 11.6. The Bertz CT molecular complexity index is 518. The summed E-state index contributed by atoms with van der Waals surface area (Å²) in [5, 5.41) is 2.36. The minimum absolute atomic E-state index is 0.0152. The van der Waals surface area contributed by atoms with Crippen LogP contribution < -0.4 is 5.32 Å². The first-order valence-electron chi connectivity index (χ1n) is 6.47. The van der Waals surface area contributed by atoms with E-state index in [1.165, 1.54) is 0 Å². The summed E-state index contributed by atoms with van der Waals surface area (Å²) >= 11 is 0. The molecule has 0 saturated heterocycles. The van der Waals surface area contributed by atoms with Crippen molar-refractivity contribution in [2.45, 2.75) is 50.3 Å². The fourth-order valence-corrected chi connectivity index (χ4v) is 2.65. The third kappa shape index (κ3) is 4.35. The van der Waals surface area contributed by atoms with Crippen molar-refractivity contribution in [1.29, 1.82) is 0 Å². The van der Waals surface area contributed by atoms with E-state index in [2.05, 4.69) is 5.32 Å². The summed E-state index contributed by atoms with van der Waals surface area (Å²) in [6, 6.07) is 6.66. The van der Waals surface area contributed by atoms with E-state index in [-0.39, 0.29) is 5.91 Å². The standard InChI is InChI=1S/C14H21NO3S/c1-4-5-14(16)15-10-12-6-8-13(9-7-12)19(17,18)11(2)3/h6-9,11H,4-5,10H2,1-3H3,(H,15,16). The predicted molar refractivity (Wildman–Crippen MR) is 75.5 cm³/mol. The number of hydrogen-bond acceptors (Lipinski definition) is 3. The Morgan fingerprint density at radius 3 is 2.26 bits per heavy atom. The van der Waals surface area contributed by atoms with Gasteiger partial charge in [0, 0.05) is 13.0 Å². The molecule has 0 unspecified atom stereocenters. The van der Waals surface area contributed by atoms with Crippen LogP contribution in [-0.4, -0.2) is 19.6 Å². The highest BCUT2D eigenvalue weighted by atomic mass is 32.2. The Hall–Kier alpha value is -1.36. The van der Waals surface area contributed by atoms with Crippen LogP contribution in [-0.2, 0) is 21.2 Å². The Morgan fingerprint density at radius 2 is 1.79 bits per heavy atom. The lowest BCUT2D eigenvalue weighted by Gasteiger charge is -2.09. The molecular weight excluding hydrogens is 262 g/mol. The summed E-state index contributed by atoms with van der Waals surface area (Å²) in [4.78, 5) is 11.7. The number of nitrogens with one attached hydrogen (secondary N) is 1. The van der Waals surface area contributed by atoms with Crippen molar-refractivity contribution in [3.63, 3.8) is 0 Å². The molecule has 0 aliphatic rings. The zero-order valence-corrected chi connectivity index (χ0v) is 12.5. The molecule has 4 nitrogen and oxygen atoms in total. The van der Waals surface area contributed by atoms with E-state index in [1.807, 2.05) is 6.92 Å². The topological polar surface area (TPSA) is 63.2 Å². The smallest absolute Gasteiger partial charge is 0.220 e. The number of sulfone groups is 1. The van der Waals surface area contributed by atoms with Crippen LogP contribution in [0.4, 0.5) is 0 Å². The van der Waals surface area contributed by atoms with Crippen molar-refractivity contribution in [2.24, 2.45) is 0 Å². The maximum Gasteiger partial charge on any atom is 0.220 e. The van der Waals surface area contributed by atoms with E-state index in [0.717, 1.165) is 12.0 Å². The highest BCUT2D eigenvalue weighted by Crippen LogP contribution is 2.16. The van der Waals surface area contributed by atoms with Gasteiger partial charge in [0.15, 0.2) is 9.84 Å². The van der Waals surface area contributed by atoms with Gasteiger partial charge in [-0.15, -0.1) is 0 Å². The maximum atomic E-state index is 11.9. The highest BCUT2D eigenvalue weighted by Gasteiger charge is 2.18. The minimum atomic E-state index is -3.22. The Morgan fingerprint density at radius 1 is 1.21 bits per heavy atom. The quantitative estimate of drug-likeness (QED) is 0.871. The van der Waals surface area contributed by atoms with Crippen molar-refractivity contribution >= 4 is 15.7 Å². The van der Waals surface area contributed by atoms with Gasteiger partial charge in [-0.25, -0.2) is 8.42 Å². The summed E-state index contributed by atoms with van der Waals surface area (Å²) in [5.41, 5.74) is 0.896. The van der Waals surface area contributed by atoms with Crippen LogP contribution in [0.3, 0.4) is 0 Å². The maximum absolute atomic E-state index is 11.9. The van der Waals surface area contributed by atoms with Gasteiger partial charge in [-0.05, 0) is 38.0 Å². The molecule has 1 aromatic carbocycles. The second kappa shape index (κ2) is 6.70. The van der Waals surface area contributed by atoms with Crippen LogP contribution in [0, 0.1) is 0 Å². The third-order valence-corrected chi connectivity index (χ3v) is 5.01. The van der Waals surface area contributed by atoms with E-state index in [0.29, 0.717) is 17.9 Å². The fourth-order valence-electron chi connectivity index (χ4n) is 1.59. The predicted octanol–water partition coefficient (Wildman–Crippen LogP) is 2.29. The summed E-state index contributed by atoms with van der Waals surface area (Å²) in [6.07, 6.45) is 1.33. The van der Waals surface area contributed by atoms with Crippen molar-refractivity contribution in [1.82, 2.24) is 5.32 Å². The summed E-state index contributed by atoms with van der Waals surface area (Å²) in [7, 11) is -3.22. The van der Waals surface area contributed by atoms with Crippen LogP contribution in [0.15, 0.2) is 29.2 Å². The molecule has 1 aromatic rings. The van der Waals surface area contributed by atoms with Crippen molar-refractivity contribution < 1.29 is 13.2 Å². The number of rotatable bonds is 6. The van der Waals surface area contributed by atoms with Crippen LogP contribution in [0.5, 0.6) is 0 Å². The average molecular weight is 283 g/mol. The molecule has 0 spiro atoms. The first-order valence-corrected chi connectivity index (χ1v) is 8.02. The molecule has 0 fully saturated rings. The lowest BCUT2D eigenvalue weighted by molar-refractivity contribution is -0.121. The van der Waals surface area contributed by atoms with Gasteiger partial charge in [0.05, 0.1) is 10.1 Å². The third-order valence-electron chi connectivity index (χ3n) is 2.84. The van der Waals surface area contributed by atoms with E-state index < -0.39 is 15.1 Å². The lowest BCUT2D eigenvalue weighted by atomic mass is 10.2. The van der Waals surface area contributed by atoms with Crippen LogP contribution in [0.2, 0.25) is 0 Å². The fraction of sp³-hybridized carbons (Fsp3) is 0.500. The average Bonchev–Trinajstić information content (AvgIpc) is 2.37. The zero-order chi connectivity index (χ0) is 14.5. The second-order valence-electron chi connectivity index (χ2n) is 4.76. The molecule has 1 rings (SSSR count). The molecule has 1 amide bonds. The van der Waals surface area contributed by atoms with Gasteiger partial charge in [0.25, 0.3) is 0 Å². The van der Waals surface area contributed by atoms with Gasteiger partial charge in [0.1, 0.15) is 0 Å². The van der Waals surface area contributed by atoms with Gasteiger partial charge in [-0.2, -0.15) is 0 Å². The van der Waals surface area contributed by atoms with Gasteiger partial charge in [-0.3, -0.25) is 4.79 Å². The van der Waals surface area contributed by atoms with E-state index in [4.69, 9.17) is 0 Å². The molecule has 0 saturated carbocycles. The van der Waals surface area contributed by atoms with Gasteiger partial charge < -0.3 is 5.32 Å². The molecule has 5 heteroatoms. The van der Waals surface area contributed by atoms with E-state index >= 15 is 0 Å². The molecule has 19 heavy (non-hydrogen) atoms. The van der Waals surface area contributed by atoms with E-state index in [9.17, 15) is 13.2 Å². The van der Waals surface area contributed by atoms with Crippen LogP contribution in [0.1, 0.15) is 39.2 Å². The number of carbonyl (C=O) groups excluding carboxylic acids is 1. The van der Waals surface area contributed by atoms with E-state index in [1.54, 1.807) is 38.1 Å². The summed E-state index contributed by atoms with van der Waals surface area (Å²) < 4.78 is 23.8. The largest absolute Gasteiger partial charge is 0.352 e. The molecule has 0 heterocycles. The molecule has 1 N–H and O–H groups in total. The number of amides is 1. The molecule has 0 aliphatic carbocycles. The van der Waals surface area contributed by atoms with Crippen molar-refractivity contribution in [3.8, 4) is 0 Å². The second-order valence-corrected chi connectivity index (χ2v) is 7.27. The molecule has 0 aliphatic heterocycles. The molecule has 106 valence electrons. The van der Waals surface area contributed by atoms with Gasteiger partial charge in [-0.1, -0.05) is 19.1 Å².